The van der Waals surface area contributed by atoms with Gasteiger partial charge in [-0.05, 0) is 38.5 Å². The van der Waals surface area contributed by atoms with E-state index in [0.717, 1.165) is 5.56 Å². The zero-order valence-corrected chi connectivity index (χ0v) is 33.8. The topological polar surface area (TPSA) is 201 Å². The molecule has 0 saturated heterocycles. The highest BCUT2D eigenvalue weighted by atomic mass is 16.7. The Kier molecular flexibility index (Phi) is 11.2. The predicted molar refractivity (Wildman–Crippen MR) is 212 cm³/mol. The fraction of sp³-hybridized carbons (Fsp3) is 0.442. The summed E-state index contributed by atoms with van der Waals surface area (Å²) in [5.74, 6) is -6.83. The van der Waals surface area contributed by atoms with Crippen molar-refractivity contribution in [3.63, 3.8) is 0 Å². The number of pyridine rings is 1. The Morgan fingerprint density at radius 1 is 0.965 bits per heavy atom. The number of fused-ring (bicyclic) bond motifs is 2. The summed E-state index contributed by atoms with van der Waals surface area (Å²) in [4.78, 5) is 44.1. The van der Waals surface area contributed by atoms with E-state index in [1.54, 1.807) is 76.4 Å². The monoisotopic (exact) mass is 786 g/mol. The fourth-order valence-electron chi connectivity index (χ4n) is 8.11. The minimum Gasteiger partial charge on any atom is -0.507 e. The normalized spacial score (nSPS) is 30.8. The Bertz CT molecular complexity index is 2380. The number of phenolic OH excluding ortho intramolecular Hbond substituents is 2. The summed E-state index contributed by atoms with van der Waals surface area (Å²) in [7, 11) is 1.46. The van der Waals surface area contributed by atoms with Gasteiger partial charge in [-0.15, -0.1) is 0 Å². The molecule has 304 valence electrons. The molecule has 0 fully saturated rings. The lowest BCUT2D eigenvalue weighted by Gasteiger charge is -2.38. The first kappa shape index (κ1) is 41.2. The van der Waals surface area contributed by atoms with Gasteiger partial charge in [0, 0.05) is 61.8 Å². The maximum absolute atomic E-state index is 14.6. The molecule has 0 unspecified atom stereocenters. The highest BCUT2D eigenvalue weighted by Crippen LogP contribution is 2.53. The van der Waals surface area contributed by atoms with Crippen LogP contribution >= 0.6 is 0 Å². The molecule has 0 aliphatic carbocycles. The molecule has 6 rings (SSSR count). The number of aromatic amines is 1. The molecule has 57 heavy (non-hydrogen) atoms. The number of carbonyl (C=O) groups excluding carboxylic acids is 3. The van der Waals surface area contributed by atoms with E-state index >= 15 is 0 Å². The summed E-state index contributed by atoms with van der Waals surface area (Å²) in [6.45, 7) is 14.8. The Balaban J connectivity index is 1.58. The van der Waals surface area contributed by atoms with E-state index in [1.165, 1.54) is 27.2 Å². The van der Waals surface area contributed by atoms with Gasteiger partial charge in [-0.2, -0.15) is 4.40 Å². The number of aliphatic hydroxyl groups excluding tert-OH is 2. The summed E-state index contributed by atoms with van der Waals surface area (Å²) in [6.07, 6.45) is 5.70. The number of Topliss-reactive ketones (excluding diaryl/α,β-unsaturated/α-hetero) is 1. The predicted octanol–water partition coefficient (Wildman–Crippen LogP) is 5.58. The maximum Gasteiger partial charge on any atom is 0.312 e. The van der Waals surface area contributed by atoms with Crippen LogP contribution in [0.3, 0.4) is 0 Å². The van der Waals surface area contributed by atoms with E-state index in [0.29, 0.717) is 16.7 Å². The van der Waals surface area contributed by atoms with Gasteiger partial charge in [-0.1, -0.05) is 45.9 Å². The second-order valence-corrected chi connectivity index (χ2v) is 15.7. The highest BCUT2D eigenvalue weighted by molar-refractivity contribution is 6.27. The Labute approximate surface area is 330 Å². The molecule has 0 saturated carbocycles. The van der Waals surface area contributed by atoms with Gasteiger partial charge in [0.2, 0.25) is 5.52 Å². The van der Waals surface area contributed by atoms with Crippen molar-refractivity contribution in [1.29, 1.82) is 0 Å². The van der Waals surface area contributed by atoms with Crippen molar-refractivity contribution >= 4 is 50.8 Å². The molecule has 4 heterocycles. The molecule has 2 aliphatic heterocycles. The molecule has 2 aliphatic rings. The number of nitrogens with one attached hydrogen (secondary N) is 2. The highest BCUT2D eigenvalue weighted by Gasteiger charge is 2.50. The van der Waals surface area contributed by atoms with E-state index in [-0.39, 0.29) is 44.7 Å². The second kappa shape index (κ2) is 15.5. The number of carbonyl (C=O) groups is 3. The lowest BCUT2D eigenvalue weighted by molar-refractivity contribution is -0.480. The molecule has 0 spiro atoms. The number of anilines is 1. The van der Waals surface area contributed by atoms with Crippen LogP contribution in [0.5, 0.6) is 17.2 Å². The summed E-state index contributed by atoms with van der Waals surface area (Å²) in [5, 5.41) is 49.5. The number of esters is 1. The molecule has 2 aromatic carbocycles. The number of phenols is 2. The number of hydrogen-bond acceptors (Lipinski definition) is 11. The van der Waals surface area contributed by atoms with Crippen molar-refractivity contribution in [2.24, 2.45) is 23.7 Å². The summed E-state index contributed by atoms with van der Waals surface area (Å²) in [5.41, 5.74) is 2.60. The number of nitrogens with zero attached hydrogens (tertiary/aromatic N) is 1. The first-order valence-corrected chi connectivity index (χ1v) is 19.0. The van der Waals surface area contributed by atoms with Crippen molar-refractivity contribution in [3.05, 3.63) is 71.2 Å². The lowest BCUT2D eigenvalue weighted by Crippen LogP contribution is -2.46. The van der Waals surface area contributed by atoms with E-state index in [4.69, 9.17) is 18.9 Å². The molecule has 14 heteroatoms. The first-order valence-electron chi connectivity index (χ1n) is 19.0. The number of H-pyrrole nitrogens is 1. The fourth-order valence-corrected chi connectivity index (χ4v) is 8.11. The minimum absolute atomic E-state index is 0.00995. The van der Waals surface area contributed by atoms with Crippen LogP contribution in [0.2, 0.25) is 0 Å². The largest absolute Gasteiger partial charge is 0.507 e. The van der Waals surface area contributed by atoms with Crippen LogP contribution in [-0.4, -0.2) is 80.4 Å². The van der Waals surface area contributed by atoms with Crippen molar-refractivity contribution in [1.82, 2.24) is 4.98 Å². The standard InChI is InChI=1S/C43H51N3O11/c1-19-14-16-46-28(18-19)44-32-29-30-37(50)25(7)40-31(29)41(52)43(9,57-40)55-17-15-27(54-10)22(4)39(56-26(8)47)24(6)36(49)23(5)35(48)20(2)12-11-13-21(3)42(53)45-33(34(32)46)38(30)51/h11-18,20,22-24,27,35-36,39,48-49H,1-10H3,(H3,45,50,51,52,53)/p+1/b12-11+,17-15+,21-13-/t20-,22+,23+,24+,27-,35-,36+,39+,43-/m0/s1. The number of ether oxygens (including phenoxy) is 4. The number of ketones is 1. The van der Waals surface area contributed by atoms with Gasteiger partial charge in [0.05, 0.1) is 47.1 Å². The maximum atomic E-state index is 14.6. The van der Waals surface area contributed by atoms with Gasteiger partial charge in [0.1, 0.15) is 23.3 Å². The van der Waals surface area contributed by atoms with Crippen LogP contribution in [0, 0.1) is 37.5 Å². The number of methoxy groups -OCH3 is 1. The van der Waals surface area contributed by atoms with E-state index < -0.39 is 77.3 Å². The lowest BCUT2D eigenvalue weighted by atomic mass is 9.78. The quantitative estimate of drug-likeness (QED) is 0.0843. The van der Waals surface area contributed by atoms with Crippen LogP contribution in [0.25, 0.3) is 27.5 Å². The number of aromatic hydroxyl groups is 2. The zero-order chi connectivity index (χ0) is 41.8. The molecular formula is C43H52N3O11+. The van der Waals surface area contributed by atoms with Crippen LogP contribution in [0.15, 0.2) is 54.5 Å². The molecule has 4 aromatic rings. The van der Waals surface area contributed by atoms with E-state index in [2.05, 4.69) is 10.3 Å². The van der Waals surface area contributed by atoms with Crippen LogP contribution in [0.1, 0.15) is 70.0 Å². The van der Waals surface area contributed by atoms with Gasteiger partial charge in [0.25, 0.3) is 17.3 Å². The van der Waals surface area contributed by atoms with Crippen molar-refractivity contribution in [3.8, 4) is 17.2 Å². The van der Waals surface area contributed by atoms with Crippen molar-refractivity contribution in [2.45, 2.75) is 92.5 Å². The molecule has 14 nitrogen and oxygen atoms in total. The number of rotatable bonds is 2. The number of allylic oxidation sites excluding steroid dienone is 2. The first-order chi connectivity index (χ1) is 26.8. The molecular weight excluding hydrogens is 734 g/mol. The molecule has 6 N–H and O–H groups in total. The smallest absolute Gasteiger partial charge is 0.312 e. The Hall–Kier alpha value is -5.44. The Morgan fingerprint density at radius 2 is 1.67 bits per heavy atom. The Morgan fingerprint density at radius 3 is 2.33 bits per heavy atom. The number of aromatic nitrogens is 2. The minimum atomic E-state index is -1.94. The third-order valence-electron chi connectivity index (χ3n) is 11.6. The van der Waals surface area contributed by atoms with E-state index in [9.17, 15) is 34.8 Å². The van der Waals surface area contributed by atoms with Crippen LogP contribution in [0.4, 0.5) is 5.69 Å². The number of aliphatic hydroxyl groups is 2. The molecule has 1 amide bonds. The van der Waals surface area contributed by atoms with Crippen LogP contribution in [-0.2, 0) is 23.8 Å². The van der Waals surface area contributed by atoms with Gasteiger partial charge in [-0.3, -0.25) is 14.4 Å². The van der Waals surface area contributed by atoms with Crippen molar-refractivity contribution in [2.75, 3.05) is 12.4 Å². The number of benzene rings is 2. The number of hydrogen-bond donors (Lipinski definition) is 6. The zero-order valence-electron chi connectivity index (χ0n) is 33.8. The molecule has 2 aromatic heterocycles. The van der Waals surface area contributed by atoms with Gasteiger partial charge < -0.3 is 44.7 Å². The number of amides is 1. The van der Waals surface area contributed by atoms with E-state index in [1.807, 2.05) is 19.1 Å². The van der Waals surface area contributed by atoms with Crippen molar-refractivity contribution < 1.29 is 58.2 Å². The second-order valence-electron chi connectivity index (χ2n) is 15.7. The molecule has 9 atom stereocenters. The molecule has 0 radical (unpaired) electrons. The average Bonchev–Trinajstić information content (AvgIpc) is 3.67. The summed E-state index contributed by atoms with van der Waals surface area (Å²) >= 11 is 0. The average molecular weight is 787 g/mol. The van der Waals surface area contributed by atoms with Gasteiger partial charge in [-0.25, -0.2) is 4.98 Å². The number of imidazole rings is 1. The number of aryl methyl sites for hydroxylation is 1. The summed E-state index contributed by atoms with van der Waals surface area (Å²) in [6, 6.07) is 3.71. The van der Waals surface area contributed by atoms with Crippen LogP contribution < -0.4 is 14.5 Å². The summed E-state index contributed by atoms with van der Waals surface area (Å²) < 4.78 is 25.6. The van der Waals surface area contributed by atoms with Gasteiger partial charge >= 0.3 is 11.8 Å². The molecule has 4 bridgehead atoms. The van der Waals surface area contributed by atoms with Gasteiger partial charge in [0.15, 0.2) is 11.3 Å². The third-order valence-corrected chi connectivity index (χ3v) is 11.6. The third kappa shape index (κ3) is 7.10. The SMILES string of the molecule is CO[C@H]1/C=C/O[C@@]2(C)Oc3c(C)c(O)c4c(O)c(c5c([nH]c6cc(C)cc[n+]65)c4c3C2=O)NC(=O)/C(C)=C\C=C\[C@H](C)[C@H](O)[C@@H](C)[C@@H](O)[C@@H](C)[C@H](OC(C)=O)[C@@H]1C.